The SMILES string of the molecule is COC1CN(C/C=C/c2ccccc2)CCC1N(C)c1nc2ccccc2s1.O=C(O)C(=O)O. The third-order valence-corrected chi connectivity index (χ3v) is 6.78. The van der Waals surface area contributed by atoms with Crippen LogP contribution in [0.3, 0.4) is 0 Å². The first-order valence-corrected chi connectivity index (χ1v) is 11.7. The third kappa shape index (κ3) is 6.86. The van der Waals surface area contributed by atoms with E-state index in [-0.39, 0.29) is 6.10 Å². The minimum absolute atomic E-state index is 0.177. The summed E-state index contributed by atoms with van der Waals surface area (Å²) < 4.78 is 7.12. The van der Waals surface area contributed by atoms with Crippen molar-refractivity contribution in [2.24, 2.45) is 0 Å². The molecule has 0 bridgehead atoms. The van der Waals surface area contributed by atoms with Gasteiger partial charge < -0.3 is 19.8 Å². The van der Waals surface area contributed by atoms with Crippen molar-refractivity contribution >= 4 is 44.7 Å². The fourth-order valence-corrected chi connectivity index (χ4v) is 4.85. The van der Waals surface area contributed by atoms with Gasteiger partial charge in [0.1, 0.15) is 0 Å². The van der Waals surface area contributed by atoms with E-state index in [4.69, 9.17) is 29.5 Å². The molecule has 180 valence electrons. The van der Waals surface area contributed by atoms with E-state index in [9.17, 15) is 0 Å². The van der Waals surface area contributed by atoms with Gasteiger partial charge in [0.25, 0.3) is 0 Å². The lowest BCUT2D eigenvalue weighted by Gasteiger charge is -2.41. The number of aromatic nitrogens is 1. The predicted molar refractivity (Wildman–Crippen MR) is 134 cm³/mol. The Morgan fingerprint density at radius 1 is 1.15 bits per heavy atom. The molecule has 1 saturated heterocycles. The summed E-state index contributed by atoms with van der Waals surface area (Å²) in [5.74, 6) is -3.65. The molecule has 8 nitrogen and oxygen atoms in total. The molecular formula is C25H29N3O5S. The normalized spacial score (nSPS) is 18.4. The van der Waals surface area contributed by atoms with Crippen molar-refractivity contribution in [2.75, 3.05) is 38.7 Å². The van der Waals surface area contributed by atoms with E-state index in [0.29, 0.717) is 6.04 Å². The molecule has 0 radical (unpaired) electrons. The number of methoxy groups -OCH3 is 1. The zero-order valence-corrected chi connectivity index (χ0v) is 20.0. The first-order valence-electron chi connectivity index (χ1n) is 10.9. The number of hydrogen-bond donors (Lipinski definition) is 2. The zero-order chi connectivity index (χ0) is 24.5. The Morgan fingerprint density at radius 2 is 1.82 bits per heavy atom. The third-order valence-electron chi connectivity index (χ3n) is 5.65. The van der Waals surface area contributed by atoms with E-state index in [1.807, 2.05) is 19.2 Å². The summed E-state index contributed by atoms with van der Waals surface area (Å²) in [5, 5.41) is 15.9. The zero-order valence-electron chi connectivity index (χ0n) is 19.2. The summed E-state index contributed by atoms with van der Waals surface area (Å²) >= 11 is 1.76. The molecule has 1 fully saturated rings. The lowest BCUT2D eigenvalue weighted by molar-refractivity contribution is -0.159. The maximum Gasteiger partial charge on any atom is 0.414 e. The van der Waals surface area contributed by atoms with Crippen LogP contribution in [0.4, 0.5) is 5.13 Å². The fraction of sp³-hybridized carbons (Fsp3) is 0.320. The Kier molecular flexibility index (Phi) is 9.15. The van der Waals surface area contributed by atoms with Crippen LogP contribution in [0.25, 0.3) is 16.3 Å². The Morgan fingerprint density at radius 3 is 2.47 bits per heavy atom. The number of carboxylic acid groups (broad SMARTS) is 2. The van der Waals surface area contributed by atoms with Crippen molar-refractivity contribution in [3.05, 3.63) is 66.2 Å². The van der Waals surface area contributed by atoms with Crippen LogP contribution in [-0.4, -0.2) is 78.0 Å². The van der Waals surface area contributed by atoms with E-state index >= 15 is 0 Å². The van der Waals surface area contributed by atoms with Crippen LogP contribution in [0.2, 0.25) is 0 Å². The minimum Gasteiger partial charge on any atom is -0.473 e. The van der Waals surface area contributed by atoms with Gasteiger partial charge in [0, 0.05) is 33.8 Å². The molecule has 0 amide bonds. The van der Waals surface area contributed by atoms with Gasteiger partial charge in [-0.15, -0.1) is 0 Å². The number of likely N-dealkylation sites (tertiary alicyclic amines) is 1. The molecule has 2 heterocycles. The van der Waals surface area contributed by atoms with E-state index in [1.165, 1.54) is 10.3 Å². The van der Waals surface area contributed by atoms with Crippen molar-refractivity contribution in [1.82, 2.24) is 9.88 Å². The van der Waals surface area contributed by atoms with Crippen LogP contribution in [-0.2, 0) is 14.3 Å². The van der Waals surface area contributed by atoms with Gasteiger partial charge in [-0.3, -0.25) is 4.90 Å². The summed E-state index contributed by atoms with van der Waals surface area (Å²) in [7, 11) is 3.98. The largest absolute Gasteiger partial charge is 0.473 e. The molecule has 4 rings (SSSR count). The smallest absolute Gasteiger partial charge is 0.414 e. The number of anilines is 1. The van der Waals surface area contributed by atoms with Crippen LogP contribution in [0, 0.1) is 0 Å². The highest BCUT2D eigenvalue weighted by Gasteiger charge is 2.32. The Balaban J connectivity index is 0.000000481. The second-order valence-corrected chi connectivity index (χ2v) is 8.90. The van der Waals surface area contributed by atoms with Crippen LogP contribution >= 0.6 is 11.3 Å². The van der Waals surface area contributed by atoms with Gasteiger partial charge >= 0.3 is 11.9 Å². The molecule has 1 aliphatic rings. The average Bonchev–Trinajstić information content (AvgIpc) is 3.29. The Hall–Kier alpha value is -3.27. The number of carbonyl (C=O) groups is 2. The van der Waals surface area contributed by atoms with Gasteiger partial charge in [-0.25, -0.2) is 14.6 Å². The molecule has 0 spiro atoms. The van der Waals surface area contributed by atoms with Crippen molar-refractivity contribution in [2.45, 2.75) is 18.6 Å². The monoisotopic (exact) mass is 483 g/mol. The average molecular weight is 484 g/mol. The van der Waals surface area contributed by atoms with Gasteiger partial charge in [0.15, 0.2) is 5.13 Å². The van der Waals surface area contributed by atoms with E-state index in [0.717, 1.165) is 36.7 Å². The van der Waals surface area contributed by atoms with Crippen molar-refractivity contribution in [1.29, 1.82) is 0 Å². The van der Waals surface area contributed by atoms with Gasteiger partial charge in [0.2, 0.25) is 0 Å². The number of nitrogens with zero attached hydrogens (tertiary/aromatic N) is 3. The van der Waals surface area contributed by atoms with Gasteiger partial charge in [-0.2, -0.15) is 0 Å². The fourth-order valence-electron chi connectivity index (χ4n) is 3.86. The number of thiazole rings is 1. The summed E-state index contributed by atoms with van der Waals surface area (Å²) in [4.78, 5) is 27.8. The van der Waals surface area contributed by atoms with E-state index in [2.05, 4.69) is 71.5 Å². The van der Waals surface area contributed by atoms with Crippen LogP contribution < -0.4 is 4.90 Å². The Labute approximate surface area is 202 Å². The number of aliphatic carboxylic acids is 2. The standard InChI is InChI=1S/C23H27N3OS.C2H2O4/c1-25(23-24-19-12-6-7-13-22(19)28-23)20-14-16-26(17-21(20)27-2)15-8-11-18-9-4-3-5-10-18;3-1(4)2(5)6/h3-13,20-21H,14-17H2,1-2H3;(H,3,4)(H,5,6)/b11-8+;. The van der Waals surface area contributed by atoms with Crippen LogP contribution in [0.5, 0.6) is 0 Å². The number of likely N-dealkylation sites (N-methyl/N-ethyl adjacent to an activating group) is 1. The second kappa shape index (κ2) is 12.3. The quantitative estimate of drug-likeness (QED) is 0.512. The summed E-state index contributed by atoms with van der Waals surface area (Å²) in [6.45, 7) is 2.96. The predicted octanol–water partition coefficient (Wildman–Crippen LogP) is 3.69. The molecule has 3 aromatic rings. The first-order chi connectivity index (χ1) is 16.4. The number of para-hydroxylation sites is 1. The summed E-state index contributed by atoms with van der Waals surface area (Å²) in [6, 6.07) is 19.1. The van der Waals surface area contributed by atoms with Gasteiger partial charge in [-0.05, 0) is 24.1 Å². The summed E-state index contributed by atoms with van der Waals surface area (Å²) in [5.41, 5.74) is 2.32. The second-order valence-electron chi connectivity index (χ2n) is 7.89. The van der Waals surface area contributed by atoms with Crippen LogP contribution in [0.15, 0.2) is 60.7 Å². The number of carboxylic acids is 2. The molecule has 1 aromatic heterocycles. The van der Waals surface area contributed by atoms with Crippen LogP contribution in [0.1, 0.15) is 12.0 Å². The molecule has 1 aliphatic heterocycles. The number of fused-ring (bicyclic) bond motifs is 1. The number of benzene rings is 2. The highest BCUT2D eigenvalue weighted by atomic mass is 32.1. The number of hydrogen-bond acceptors (Lipinski definition) is 7. The molecule has 9 heteroatoms. The maximum atomic E-state index is 9.10. The van der Waals surface area contributed by atoms with Crippen molar-refractivity contribution in [3.63, 3.8) is 0 Å². The lowest BCUT2D eigenvalue weighted by Crippen LogP contribution is -2.54. The topological polar surface area (TPSA) is 103 Å². The van der Waals surface area contributed by atoms with Gasteiger partial charge in [-0.1, -0.05) is 66.0 Å². The number of piperidine rings is 1. The molecule has 34 heavy (non-hydrogen) atoms. The van der Waals surface area contributed by atoms with E-state index in [1.54, 1.807) is 11.3 Å². The molecule has 2 atom stereocenters. The number of ether oxygens (including phenoxy) is 1. The summed E-state index contributed by atoms with van der Waals surface area (Å²) in [6.07, 6.45) is 5.70. The maximum absolute atomic E-state index is 9.10. The van der Waals surface area contributed by atoms with Gasteiger partial charge in [0.05, 0.1) is 22.4 Å². The molecule has 2 aromatic carbocycles. The Bertz CT molecular complexity index is 1070. The van der Waals surface area contributed by atoms with Crippen molar-refractivity contribution < 1.29 is 24.5 Å². The van der Waals surface area contributed by atoms with Crippen molar-refractivity contribution in [3.8, 4) is 0 Å². The lowest BCUT2D eigenvalue weighted by atomic mass is 10.0. The molecule has 0 saturated carbocycles. The highest BCUT2D eigenvalue weighted by molar-refractivity contribution is 7.22. The molecule has 2 N–H and O–H groups in total. The first kappa shape index (κ1) is 25.4. The molecular weight excluding hydrogens is 454 g/mol. The molecule has 2 unspecified atom stereocenters. The number of rotatable bonds is 6. The highest BCUT2D eigenvalue weighted by Crippen LogP contribution is 2.31. The van der Waals surface area contributed by atoms with E-state index < -0.39 is 11.9 Å². The minimum atomic E-state index is -1.82. The molecule has 0 aliphatic carbocycles.